The van der Waals surface area contributed by atoms with E-state index in [4.69, 9.17) is 0 Å². The highest BCUT2D eigenvalue weighted by molar-refractivity contribution is 9.10. The van der Waals surface area contributed by atoms with Crippen LogP contribution in [0.4, 0.5) is 11.4 Å². The summed E-state index contributed by atoms with van der Waals surface area (Å²) in [5, 5.41) is 14.5. The summed E-state index contributed by atoms with van der Waals surface area (Å²) in [5.41, 5.74) is 4.18. The predicted molar refractivity (Wildman–Crippen MR) is 121 cm³/mol. The number of aliphatic imine (C=N–C) groups is 1. The molecular formula is C20H18Br2N4O3. The zero-order valence-corrected chi connectivity index (χ0v) is 19.4. The van der Waals surface area contributed by atoms with Crippen molar-refractivity contribution in [2.45, 2.75) is 27.7 Å². The third-order valence-corrected chi connectivity index (χ3v) is 6.13. The lowest BCUT2D eigenvalue weighted by Gasteiger charge is -2.10. The SMILES string of the molecule is Cc1cc(Br)cc([N+](=O)[O-])c1N=Cc1c(C)[nH]n(-c2ccc(Br)c(C)c2C)c1=O. The molecule has 1 heterocycles. The van der Waals surface area contributed by atoms with Gasteiger partial charge in [-0.05, 0) is 62.6 Å². The monoisotopic (exact) mass is 520 g/mol. The summed E-state index contributed by atoms with van der Waals surface area (Å²) >= 11 is 6.76. The molecule has 3 rings (SSSR count). The average molecular weight is 522 g/mol. The van der Waals surface area contributed by atoms with E-state index in [1.165, 1.54) is 17.0 Å². The van der Waals surface area contributed by atoms with Crippen LogP contribution in [0.1, 0.15) is 27.9 Å². The Hall–Kier alpha value is -2.52. The smallest absolute Gasteiger partial charge is 0.295 e. The van der Waals surface area contributed by atoms with Crippen LogP contribution in [-0.4, -0.2) is 20.9 Å². The van der Waals surface area contributed by atoms with Crippen molar-refractivity contribution >= 4 is 49.4 Å². The fourth-order valence-electron chi connectivity index (χ4n) is 3.05. The van der Waals surface area contributed by atoms with Crippen LogP contribution in [0.5, 0.6) is 0 Å². The summed E-state index contributed by atoms with van der Waals surface area (Å²) in [6, 6.07) is 6.89. The van der Waals surface area contributed by atoms with Gasteiger partial charge in [0, 0.05) is 26.9 Å². The van der Waals surface area contributed by atoms with Crippen molar-refractivity contribution in [1.82, 2.24) is 9.78 Å². The number of halogens is 2. The Morgan fingerprint density at radius 3 is 2.48 bits per heavy atom. The molecule has 0 fully saturated rings. The number of hydrogen-bond acceptors (Lipinski definition) is 4. The number of aryl methyl sites for hydroxylation is 2. The van der Waals surface area contributed by atoms with Crippen molar-refractivity contribution in [3.63, 3.8) is 0 Å². The Morgan fingerprint density at radius 2 is 1.83 bits per heavy atom. The van der Waals surface area contributed by atoms with E-state index in [2.05, 4.69) is 42.0 Å². The first-order chi connectivity index (χ1) is 13.6. The van der Waals surface area contributed by atoms with Gasteiger partial charge in [0.15, 0.2) is 0 Å². The Kier molecular flexibility index (Phi) is 5.90. The highest BCUT2D eigenvalue weighted by Gasteiger charge is 2.18. The van der Waals surface area contributed by atoms with Crippen molar-refractivity contribution in [3.05, 3.63) is 81.6 Å². The first-order valence-electron chi connectivity index (χ1n) is 8.68. The number of H-pyrrole nitrogens is 1. The maximum atomic E-state index is 13.0. The Balaban J connectivity index is 2.12. The maximum Gasteiger partial charge on any atom is 0.296 e. The van der Waals surface area contributed by atoms with Crippen LogP contribution in [-0.2, 0) is 0 Å². The summed E-state index contributed by atoms with van der Waals surface area (Å²) in [7, 11) is 0. The van der Waals surface area contributed by atoms with Gasteiger partial charge in [-0.3, -0.25) is 20.0 Å². The number of nitrogens with zero attached hydrogens (tertiary/aromatic N) is 3. The zero-order chi connectivity index (χ0) is 21.5. The summed E-state index contributed by atoms with van der Waals surface area (Å²) in [6.07, 6.45) is 1.38. The van der Waals surface area contributed by atoms with E-state index in [-0.39, 0.29) is 16.9 Å². The molecule has 29 heavy (non-hydrogen) atoms. The lowest BCUT2D eigenvalue weighted by Crippen LogP contribution is -2.18. The van der Waals surface area contributed by atoms with Gasteiger partial charge in [0.2, 0.25) is 0 Å². The van der Waals surface area contributed by atoms with Gasteiger partial charge in [-0.25, -0.2) is 9.67 Å². The van der Waals surface area contributed by atoms with Gasteiger partial charge in [0.1, 0.15) is 5.69 Å². The van der Waals surface area contributed by atoms with Gasteiger partial charge in [0.25, 0.3) is 11.2 Å². The number of benzene rings is 2. The average Bonchev–Trinajstić information content (AvgIpc) is 2.92. The molecule has 1 aromatic heterocycles. The molecule has 0 saturated heterocycles. The van der Waals surface area contributed by atoms with Gasteiger partial charge in [0.05, 0.1) is 16.2 Å². The molecule has 0 spiro atoms. The number of rotatable bonds is 4. The second-order valence-corrected chi connectivity index (χ2v) is 8.48. The fourth-order valence-corrected chi connectivity index (χ4v) is 4.04. The second kappa shape index (κ2) is 8.08. The molecule has 0 aliphatic rings. The molecule has 0 atom stereocenters. The summed E-state index contributed by atoms with van der Waals surface area (Å²) in [4.78, 5) is 28.2. The Morgan fingerprint density at radius 1 is 1.14 bits per heavy atom. The molecule has 2 aromatic carbocycles. The van der Waals surface area contributed by atoms with Crippen LogP contribution in [0.3, 0.4) is 0 Å². The van der Waals surface area contributed by atoms with E-state index in [0.717, 1.165) is 21.3 Å². The van der Waals surface area contributed by atoms with E-state index in [1.807, 2.05) is 26.0 Å². The molecule has 0 bridgehead atoms. The van der Waals surface area contributed by atoms with Crippen LogP contribution < -0.4 is 5.56 Å². The lowest BCUT2D eigenvalue weighted by molar-refractivity contribution is -0.384. The highest BCUT2D eigenvalue weighted by Crippen LogP contribution is 2.34. The van der Waals surface area contributed by atoms with Gasteiger partial charge < -0.3 is 0 Å². The molecule has 150 valence electrons. The fraction of sp³-hybridized carbons (Fsp3) is 0.200. The number of aromatic nitrogens is 2. The van der Waals surface area contributed by atoms with Gasteiger partial charge in [-0.2, -0.15) is 0 Å². The molecule has 7 nitrogen and oxygen atoms in total. The second-order valence-electron chi connectivity index (χ2n) is 6.71. The number of aromatic amines is 1. The lowest BCUT2D eigenvalue weighted by atomic mass is 10.1. The van der Waals surface area contributed by atoms with Crippen molar-refractivity contribution in [2.75, 3.05) is 0 Å². The van der Waals surface area contributed by atoms with Crippen molar-refractivity contribution in [3.8, 4) is 5.69 Å². The van der Waals surface area contributed by atoms with E-state index < -0.39 is 4.92 Å². The van der Waals surface area contributed by atoms with Crippen molar-refractivity contribution in [1.29, 1.82) is 0 Å². The van der Waals surface area contributed by atoms with Gasteiger partial charge in [-0.1, -0.05) is 31.9 Å². The van der Waals surface area contributed by atoms with Crippen molar-refractivity contribution in [2.24, 2.45) is 4.99 Å². The topological polar surface area (TPSA) is 93.3 Å². The molecular weight excluding hydrogens is 504 g/mol. The molecule has 0 aliphatic heterocycles. The molecule has 1 N–H and O–H groups in total. The number of nitrogens with one attached hydrogen (secondary N) is 1. The Labute approximate surface area is 183 Å². The van der Waals surface area contributed by atoms with Crippen LogP contribution in [0.15, 0.2) is 43.0 Å². The van der Waals surface area contributed by atoms with Crippen LogP contribution in [0, 0.1) is 37.8 Å². The van der Waals surface area contributed by atoms with Crippen LogP contribution in [0.25, 0.3) is 5.69 Å². The minimum absolute atomic E-state index is 0.124. The minimum Gasteiger partial charge on any atom is -0.295 e. The van der Waals surface area contributed by atoms with Crippen molar-refractivity contribution < 1.29 is 4.92 Å². The number of nitro benzene ring substituents is 1. The quantitative estimate of drug-likeness (QED) is 0.276. The van der Waals surface area contributed by atoms with Gasteiger partial charge >= 0.3 is 0 Å². The van der Waals surface area contributed by atoms with E-state index in [9.17, 15) is 14.9 Å². The third kappa shape index (κ3) is 3.97. The minimum atomic E-state index is -0.485. The molecule has 0 aliphatic carbocycles. The number of hydrogen-bond donors (Lipinski definition) is 1. The zero-order valence-electron chi connectivity index (χ0n) is 16.2. The Bertz CT molecular complexity index is 1230. The maximum absolute atomic E-state index is 13.0. The third-order valence-electron chi connectivity index (χ3n) is 4.81. The van der Waals surface area contributed by atoms with Gasteiger partial charge in [-0.15, -0.1) is 0 Å². The first kappa shape index (κ1) is 21.2. The van der Waals surface area contributed by atoms with E-state index in [0.29, 0.717) is 21.3 Å². The summed E-state index contributed by atoms with van der Waals surface area (Å²) in [6.45, 7) is 7.42. The summed E-state index contributed by atoms with van der Waals surface area (Å²) in [5.74, 6) is 0. The molecule has 0 saturated carbocycles. The van der Waals surface area contributed by atoms with E-state index in [1.54, 1.807) is 19.9 Å². The van der Waals surface area contributed by atoms with Crippen LogP contribution >= 0.6 is 31.9 Å². The molecule has 0 radical (unpaired) electrons. The molecule has 0 unspecified atom stereocenters. The molecule has 3 aromatic rings. The number of nitro groups is 1. The standard InChI is InChI=1S/C20H18Br2N4O3/c1-10-7-14(21)8-18(26(28)29)19(10)23-9-15-13(4)24-25(20(15)27)17-6-5-16(22)11(2)12(17)3/h5-9,24H,1-4H3. The summed E-state index contributed by atoms with van der Waals surface area (Å²) < 4.78 is 3.03. The predicted octanol–water partition coefficient (Wildman–Crippen LogP) is 5.58. The molecule has 9 heteroatoms. The van der Waals surface area contributed by atoms with Crippen LogP contribution in [0.2, 0.25) is 0 Å². The largest absolute Gasteiger partial charge is 0.296 e. The van der Waals surface area contributed by atoms with E-state index >= 15 is 0 Å². The normalized spacial score (nSPS) is 11.4. The first-order valence-corrected chi connectivity index (χ1v) is 10.3. The molecule has 0 amide bonds. The highest BCUT2D eigenvalue weighted by atomic mass is 79.9.